The fourth-order valence-electron chi connectivity index (χ4n) is 3.88. The number of aryl methyl sites for hydroxylation is 1. The van der Waals surface area contributed by atoms with Gasteiger partial charge in [0.05, 0.1) is 18.0 Å². The van der Waals surface area contributed by atoms with Crippen LogP contribution in [0.5, 0.6) is 0 Å². The lowest BCUT2D eigenvalue weighted by Gasteiger charge is -2.26. The average Bonchev–Trinajstić information content (AvgIpc) is 3.13. The van der Waals surface area contributed by atoms with Gasteiger partial charge in [-0.1, -0.05) is 66.2 Å². The van der Waals surface area contributed by atoms with Crippen LogP contribution in [0.4, 0.5) is 10.5 Å². The number of amides is 2. The molecule has 0 saturated carbocycles. The van der Waals surface area contributed by atoms with Gasteiger partial charge in [-0.25, -0.2) is 18.0 Å². The molecule has 32 heavy (non-hydrogen) atoms. The maximum Gasteiger partial charge on any atom is 0.340 e. The molecule has 0 spiro atoms. The molecule has 0 aromatic heterocycles. The number of esters is 1. The highest BCUT2D eigenvalue weighted by Crippen LogP contribution is 2.42. The number of hydrogen-bond acceptors (Lipinski definition) is 5. The van der Waals surface area contributed by atoms with Crippen LogP contribution in [0.2, 0.25) is 0 Å². The second-order valence-electron chi connectivity index (χ2n) is 7.43. The van der Waals surface area contributed by atoms with Gasteiger partial charge in [0.15, 0.2) is 6.04 Å². The summed E-state index contributed by atoms with van der Waals surface area (Å²) in [6.45, 7) is 1.83. The summed E-state index contributed by atoms with van der Waals surface area (Å²) in [4.78, 5) is 27.9. The third-order valence-electron chi connectivity index (χ3n) is 5.42. The van der Waals surface area contributed by atoms with Crippen molar-refractivity contribution in [3.8, 4) is 0 Å². The van der Waals surface area contributed by atoms with E-state index in [1.165, 1.54) is 24.1 Å². The van der Waals surface area contributed by atoms with E-state index in [9.17, 15) is 18.0 Å². The number of carbonyl (C=O) groups excluding carboxylic acids is 2. The zero-order chi connectivity index (χ0) is 22.9. The standard InChI is InChI=1S/C24H22N2O5S/c1-17-13-15-20(16-14-17)32(29,30)26-22(23(27)31-2)21(18-9-5-3-6-10-18)25(24(26)28)19-11-7-4-8-12-19/h3-16,21-22H,1-2H3. The Balaban J connectivity index is 1.94. The van der Waals surface area contributed by atoms with Crippen LogP contribution >= 0.6 is 0 Å². The fraction of sp³-hybridized carbons (Fsp3) is 0.167. The lowest BCUT2D eigenvalue weighted by molar-refractivity contribution is -0.144. The van der Waals surface area contributed by atoms with E-state index >= 15 is 0 Å². The van der Waals surface area contributed by atoms with E-state index in [-0.39, 0.29) is 4.90 Å². The molecule has 164 valence electrons. The molecule has 1 fully saturated rings. The quantitative estimate of drug-likeness (QED) is 0.551. The summed E-state index contributed by atoms with van der Waals surface area (Å²) < 4.78 is 32.8. The van der Waals surface area contributed by atoms with Crippen molar-refractivity contribution in [1.29, 1.82) is 0 Å². The van der Waals surface area contributed by atoms with E-state index in [2.05, 4.69) is 0 Å². The molecule has 3 aromatic rings. The molecule has 2 unspecified atom stereocenters. The Morgan fingerprint density at radius 3 is 2.00 bits per heavy atom. The molecule has 0 aliphatic carbocycles. The molecular formula is C24H22N2O5S. The zero-order valence-electron chi connectivity index (χ0n) is 17.6. The summed E-state index contributed by atoms with van der Waals surface area (Å²) in [5.41, 5.74) is 1.96. The minimum Gasteiger partial charge on any atom is -0.467 e. The van der Waals surface area contributed by atoms with Gasteiger partial charge in [0.2, 0.25) is 0 Å². The maximum absolute atomic E-state index is 13.7. The van der Waals surface area contributed by atoms with Crippen molar-refractivity contribution in [1.82, 2.24) is 4.31 Å². The molecule has 8 heteroatoms. The van der Waals surface area contributed by atoms with Gasteiger partial charge in [-0.05, 0) is 36.8 Å². The summed E-state index contributed by atoms with van der Waals surface area (Å²) in [7, 11) is -3.17. The highest BCUT2D eigenvalue weighted by Gasteiger charge is 2.56. The Labute approximate surface area is 186 Å². The summed E-state index contributed by atoms with van der Waals surface area (Å²) >= 11 is 0. The molecular weight excluding hydrogens is 428 g/mol. The summed E-state index contributed by atoms with van der Waals surface area (Å²) in [6.07, 6.45) is 0. The molecule has 2 amide bonds. The van der Waals surface area contributed by atoms with Crippen molar-refractivity contribution in [2.75, 3.05) is 12.0 Å². The van der Waals surface area contributed by atoms with Gasteiger partial charge in [-0.15, -0.1) is 0 Å². The van der Waals surface area contributed by atoms with Crippen LogP contribution in [-0.2, 0) is 19.6 Å². The Hall–Kier alpha value is -3.65. The van der Waals surface area contributed by atoms with Gasteiger partial charge in [-0.3, -0.25) is 4.90 Å². The van der Waals surface area contributed by atoms with Crippen LogP contribution in [-0.4, -0.2) is 37.9 Å². The molecule has 7 nitrogen and oxygen atoms in total. The molecule has 3 aromatic carbocycles. The zero-order valence-corrected chi connectivity index (χ0v) is 18.4. The first-order chi connectivity index (χ1) is 15.4. The second-order valence-corrected chi connectivity index (χ2v) is 9.24. The molecule has 0 bridgehead atoms. The molecule has 4 rings (SSSR count). The van der Waals surface area contributed by atoms with E-state index in [4.69, 9.17) is 4.74 Å². The topological polar surface area (TPSA) is 84.0 Å². The predicted molar refractivity (Wildman–Crippen MR) is 120 cm³/mol. The van der Waals surface area contributed by atoms with Gasteiger partial charge in [-0.2, -0.15) is 4.31 Å². The van der Waals surface area contributed by atoms with Gasteiger partial charge >= 0.3 is 12.0 Å². The van der Waals surface area contributed by atoms with E-state index < -0.39 is 34.1 Å². The summed E-state index contributed by atoms with van der Waals surface area (Å²) in [5.74, 6) is -0.818. The number of ether oxygens (including phenoxy) is 1. The van der Waals surface area contributed by atoms with Crippen LogP contribution in [0.15, 0.2) is 89.8 Å². The highest BCUT2D eigenvalue weighted by molar-refractivity contribution is 7.89. The molecule has 1 saturated heterocycles. The first-order valence-electron chi connectivity index (χ1n) is 9.98. The summed E-state index contributed by atoms with van der Waals surface area (Å²) in [5, 5.41) is 0. The van der Waals surface area contributed by atoms with Crippen molar-refractivity contribution in [3.05, 3.63) is 96.1 Å². The van der Waals surface area contributed by atoms with Crippen molar-refractivity contribution in [2.45, 2.75) is 23.9 Å². The van der Waals surface area contributed by atoms with Crippen molar-refractivity contribution >= 4 is 27.7 Å². The molecule has 1 aliphatic rings. The minimum atomic E-state index is -4.35. The third kappa shape index (κ3) is 3.62. The Morgan fingerprint density at radius 1 is 0.875 bits per heavy atom. The Morgan fingerprint density at radius 2 is 1.44 bits per heavy atom. The summed E-state index contributed by atoms with van der Waals surface area (Å²) in [6, 6.07) is 20.6. The minimum absolute atomic E-state index is 0.0768. The largest absolute Gasteiger partial charge is 0.467 e. The van der Waals surface area contributed by atoms with Gasteiger partial charge in [0, 0.05) is 5.69 Å². The number of nitrogens with zero attached hydrogens (tertiary/aromatic N) is 2. The lowest BCUT2D eigenvalue weighted by atomic mass is 9.99. The first kappa shape index (κ1) is 21.6. The second kappa shape index (κ2) is 8.47. The van der Waals surface area contributed by atoms with Gasteiger partial charge in [0.25, 0.3) is 10.0 Å². The molecule has 1 heterocycles. The van der Waals surface area contributed by atoms with Crippen LogP contribution in [0.3, 0.4) is 0 Å². The third-order valence-corrected chi connectivity index (χ3v) is 7.19. The van der Waals surface area contributed by atoms with Crippen molar-refractivity contribution in [3.63, 3.8) is 0 Å². The number of rotatable bonds is 5. The van der Waals surface area contributed by atoms with Crippen LogP contribution in [0.25, 0.3) is 0 Å². The Kier molecular flexibility index (Phi) is 5.71. The number of anilines is 1. The number of benzene rings is 3. The molecule has 1 aliphatic heterocycles. The normalized spacial score (nSPS) is 18.6. The number of urea groups is 1. The SMILES string of the molecule is COC(=O)C1C(c2ccccc2)N(c2ccccc2)C(=O)N1S(=O)(=O)c1ccc(C)cc1. The number of methoxy groups -OCH3 is 1. The monoisotopic (exact) mass is 450 g/mol. The van der Waals surface area contributed by atoms with E-state index in [1.807, 2.05) is 6.92 Å². The number of carbonyl (C=O) groups is 2. The number of hydrogen-bond donors (Lipinski definition) is 0. The van der Waals surface area contributed by atoms with Crippen molar-refractivity contribution < 1.29 is 22.7 Å². The van der Waals surface area contributed by atoms with Crippen LogP contribution in [0, 0.1) is 6.92 Å². The molecule has 0 N–H and O–H groups in total. The van der Waals surface area contributed by atoms with E-state index in [0.29, 0.717) is 15.6 Å². The van der Waals surface area contributed by atoms with Crippen molar-refractivity contribution in [2.24, 2.45) is 0 Å². The molecule has 2 atom stereocenters. The smallest absolute Gasteiger partial charge is 0.340 e. The van der Waals surface area contributed by atoms with Gasteiger partial charge in [0.1, 0.15) is 0 Å². The fourth-order valence-corrected chi connectivity index (χ4v) is 5.38. The van der Waals surface area contributed by atoms with E-state index in [1.54, 1.807) is 72.8 Å². The average molecular weight is 451 g/mol. The van der Waals surface area contributed by atoms with E-state index in [0.717, 1.165) is 5.56 Å². The van der Waals surface area contributed by atoms with Crippen LogP contribution < -0.4 is 4.90 Å². The van der Waals surface area contributed by atoms with Gasteiger partial charge < -0.3 is 4.74 Å². The van der Waals surface area contributed by atoms with Crippen LogP contribution in [0.1, 0.15) is 17.2 Å². The molecule has 0 radical (unpaired) electrons. The maximum atomic E-state index is 13.7. The first-order valence-corrected chi connectivity index (χ1v) is 11.4. The Bertz CT molecular complexity index is 1230. The number of para-hydroxylation sites is 1. The predicted octanol–water partition coefficient (Wildman–Crippen LogP) is 3.91. The number of sulfonamides is 1. The lowest BCUT2D eigenvalue weighted by Crippen LogP contribution is -2.44. The highest BCUT2D eigenvalue weighted by atomic mass is 32.2.